The van der Waals surface area contributed by atoms with Crippen molar-refractivity contribution >= 4 is 82.0 Å². The number of fused-ring (bicyclic) bond motifs is 11. The van der Waals surface area contributed by atoms with Gasteiger partial charge in [-0.15, -0.1) is 0 Å². The molecule has 0 saturated carbocycles. The highest BCUT2D eigenvalue weighted by Crippen LogP contribution is 2.51. The number of aromatic nitrogens is 1. The smallest absolute Gasteiger partial charge is 0.0541 e. The highest BCUT2D eigenvalue weighted by atomic mass is 15.1. The van der Waals surface area contributed by atoms with E-state index in [0.717, 1.165) is 37.1 Å². The first kappa shape index (κ1) is 58.5. The first-order valence-corrected chi connectivity index (χ1v) is 35.0. The Morgan fingerprint density at radius 3 is 0.916 bits per heavy atom. The molecule has 19 rings (SSSR count). The number of benzene rings is 14. The van der Waals surface area contributed by atoms with E-state index in [2.05, 4.69) is 276 Å². The lowest BCUT2D eigenvalue weighted by Crippen LogP contribution is -2.10. The molecule has 95 heavy (non-hydrogen) atoms. The van der Waals surface area contributed by atoms with E-state index in [9.17, 15) is 0 Å². The lowest BCUT2D eigenvalue weighted by Gasteiger charge is -2.28. The summed E-state index contributed by atoms with van der Waals surface area (Å²) in [5, 5.41) is 13.4. The minimum atomic E-state index is 0. The van der Waals surface area contributed by atoms with E-state index in [0.29, 0.717) is 0 Å². The Hall–Kier alpha value is -10.3. The van der Waals surface area contributed by atoms with Crippen LogP contribution in [0.3, 0.4) is 0 Å². The van der Waals surface area contributed by atoms with Gasteiger partial charge in [-0.05, 0) is 296 Å². The molecule has 0 fully saturated rings. The minimum absolute atomic E-state index is 0. The van der Waals surface area contributed by atoms with Gasteiger partial charge in [0.25, 0.3) is 0 Å². The van der Waals surface area contributed by atoms with Crippen molar-refractivity contribution in [3.8, 4) is 50.2 Å². The zero-order valence-corrected chi connectivity index (χ0v) is 53.6. The minimum Gasteiger partial charge on any atom is -0.310 e. The van der Waals surface area contributed by atoms with Crippen molar-refractivity contribution in [1.29, 1.82) is 0 Å². The monoisotopic (exact) mass is 1220 g/mol. The Morgan fingerprint density at radius 1 is 0.221 bits per heavy atom. The highest BCUT2D eigenvalue weighted by molar-refractivity contribution is 6.24. The van der Waals surface area contributed by atoms with Crippen LogP contribution in [-0.4, -0.2) is 4.57 Å². The molecule has 15 aromatic rings. The van der Waals surface area contributed by atoms with Crippen LogP contribution in [0.25, 0.3) is 115 Å². The Bertz CT molecular complexity index is 5360. The van der Waals surface area contributed by atoms with Gasteiger partial charge in [0, 0.05) is 33.5 Å². The van der Waals surface area contributed by atoms with Gasteiger partial charge in [-0.25, -0.2) is 0 Å². The molecule has 2 heteroatoms. The number of aryl methyl sites for hydroxylation is 4. The molecular formula is C93H80N2. The molecule has 1 aromatic heterocycles. The Morgan fingerprint density at radius 2 is 0.526 bits per heavy atom. The summed E-state index contributed by atoms with van der Waals surface area (Å²) >= 11 is 0. The number of hydrogen-bond donors (Lipinski definition) is 0. The van der Waals surface area contributed by atoms with E-state index in [1.165, 1.54) is 220 Å². The molecule has 2 nitrogen and oxygen atoms in total. The Kier molecular flexibility index (Phi) is 15.3. The van der Waals surface area contributed by atoms with Crippen LogP contribution in [-0.2, 0) is 51.4 Å². The number of anilines is 3. The van der Waals surface area contributed by atoms with Gasteiger partial charge in [0.1, 0.15) is 0 Å². The molecule has 0 amide bonds. The van der Waals surface area contributed by atoms with Gasteiger partial charge >= 0.3 is 0 Å². The number of rotatable bonds is 8. The third-order valence-electron chi connectivity index (χ3n) is 21.8. The molecular weight excluding hydrogens is 1150 g/mol. The van der Waals surface area contributed by atoms with E-state index in [1.807, 2.05) is 0 Å². The SMILES string of the molecule is C.c1cc2c(c(-c3c4ccccc4c(-c4cccc5c4CCCC5)c4cc(-n5c6ccccc6c6ccccc65)ccc34)c1)CCCC2.c1ccc(N(c2ccccc2)c2ccc3c(-c4cccc5c4CCCC5)c4ccccc4c(-c4cccc5c4CCCC5)c3c2)cc1. The average Bonchev–Trinajstić information content (AvgIpc) is 0.974. The van der Waals surface area contributed by atoms with Gasteiger partial charge in [-0.2, -0.15) is 0 Å². The quantitative estimate of drug-likeness (QED) is 0.138. The van der Waals surface area contributed by atoms with Crippen LogP contribution in [0, 0.1) is 0 Å². The molecule has 1 heterocycles. The fourth-order valence-corrected chi connectivity index (χ4v) is 17.6. The summed E-state index contributed by atoms with van der Waals surface area (Å²) in [6.45, 7) is 0. The summed E-state index contributed by atoms with van der Waals surface area (Å²) < 4.78 is 2.48. The summed E-state index contributed by atoms with van der Waals surface area (Å²) in [7, 11) is 0. The van der Waals surface area contributed by atoms with Crippen LogP contribution in [0.1, 0.15) is 103 Å². The van der Waals surface area contributed by atoms with E-state index < -0.39 is 0 Å². The molecule has 0 radical (unpaired) electrons. The summed E-state index contributed by atoms with van der Waals surface area (Å²) in [5.41, 5.74) is 30.8. The summed E-state index contributed by atoms with van der Waals surface area (Å²) in [5.74, 6) is 0. The third-order valence-corrected chi connectivity index (χ3v) is 21.8. The predicted molar refractivity (Wildman–Crippen MR) is 407 cm³/mol. The maximum absolute atomic E-state index is 2.51. The van der Waals surface area contributed by atoms with Crippen molar-refractivity contribution in [3.63, 3.8) is 0 Å². The Labute approximate surface area is 559 Å². The van der Waals surface area contributed by atoms with Gasteiger partial charge in [0.05, 0.1) is 11.0 Å². The average molecular weight is 1230 g/mol. The van der Waals surface area contributed by atoms with Gasteiger partial charge in [0.15, 0.2) is 0 Å². The van der Waals surface area contributed by atoms with Crippen LogP contribution in [0.15, 0.2) is 267 Å². The van der Waals surface area contributed by atoms with Gasteiger partial charge in [-0.1, -0.05) is 214 Å². The fourth-order valence-electron chi connectivity index (χ4n) is 17.6. The third kappa shape index (κ3) is 10.1. The zero-order chi connectivity index (χ0) is 62.1. The van der Waals surface area contributed by atoms with Crippen LogP contribution >= 0.6 is 0 Å². The van der Waals surface area contributed by atoms with Crippen molar-refractivity contribution in [1.82, 2.24) is 4.57 Å². The van der Waals surface area contributed by atoms with E-state index in [-0.39, 0.29) is 7.43 Å². The Balaban J connectivity index is 0.000000143. The largest absolute Gasteiger partial charge is 0.310 e. The highest BCUT2D eigenvalue weighted by Gasteiger charge is 2.28. The second kappa shape index (κ2) is 24.9. The molecule has 14 aromatic carbocycles. The molecule has 0 aliphatic heterocycles. The standard InChI is InChI=1S/C46H37N.C46H39N.CH4/c1-3-17-33-30(13-1)15-11-23-37(33)45-39-21-5-6-22-40(39)46(38-24-12-16-31-14-2-4-18-34(31)38)42-29-32(27-28-41(42)45)47-43-25-9-7-19-35(43)36-20-8-10-26-44(36)47;1-3-19-34(20-4-1)47(35-21-5-2-6-22-35)36-29-30-43-44(31-36)46(40-28-14-18-33-16-8-10-24-38(33)40)42-26-12-11-25-41(42)45(43)39-27-13-17-32-15-7-9-23-37(32)39;/h5-12,15-16,19-29H,1-4,13-14,17-18H2;1-6,11-14,17-22,25-31H,7-10,15-16,23-24H2;1H4. The first-order valence-electron chi connectivity index (χ1n) is 35.0. The summed E-state index contributed by atoms with van der Waals surface area (Å²) in [4.78, 5) is 2.41. The van der Waals surface area contributed by atoms with Crippen molar-refractivity contribution in [2.75, 3.05) is 4.90 Å². The molecule has 0 atom stereocenters. The van der Waals surface area contributed by atoms with Crippen LogP contribution in [0.4, 0.5) is 17.1 Å². The maximum Gasteiger partial charge on any atom is 0.0541 e. The van der Waals surface area contributed by atoms with E-state index >= 15 is 0 Å². The maximum atomic E-state index is 2.51. The van der Waals surface area contributed by atoms with Crippen molar-refractivity contribution in [3.05, 3.63) is 311 Å². The van der Waals surface area contributed by atoms with Crippen LogP contribution in [0.5, 0.6) is 0 Å². The second-order valence-electron chi connectivity index (χ2n) is 27.0. The number of nitrogens with zero attached hydrogens (tertiary/aromatic N) is 2. The second-order valence-corrected chi connectivity index (χ2v) is 27.0. The van der Waals surface area contributed by atoms with Crippen LogP contribution < -0.4 is 4.90 Å². The van der Waals surface area contributed by atoms with Gasteiger partial charge < -0.3 is 9.47 Å². The predicted octanol–water partition coefficient (Wildman–Crippen LogP) is 25.4. The summed E-state index contributed by atoms with van der Waals surface area (Å²) in [6.07, 6.45) is 19.5. The molecule has 0 unspecified atom stereocenters. The van der Waals surface area contributed by atoms with Gasteiger partial charge in [0.2, 0.25) is 0 Å². The molecule has 0 N–H and O–H groups in total. The van der Waals surface area contributed by atoms with Crippen molar-refractivity contribution in [2.24, 2.45) is 0 Å². The molecule has 0 saturated heterocycles. The van der Waals surface area contributed by atoms with Crippen molar-refractivity contribution in [2.45, 2.75) is 110 Å². The number of para-hydroxylation sites is 4. The topological polar surface area (TPSA) is 8.17 Å². The first-order chi connectivity index (χ1) is 46.7. The lowest BCUT2D eigenvalue weighted by atomic mass is 9.79. The molecule has 0 spiro atoms. The molecule has 462 valence electrons. The van der Waals surface area contributed by atoms with E-state index in [4.69, 9.17) is 0 Å². The molecule has 4 aliphatic rings. The van der Waals surface area contributed by atoms with E-state index in [1.54, 1.807) is 22.3 Å². The van der Waals surface area contributed by atoms with Gasteiger partial charge in [-0.3, -0.25) is 0 Å². The van der Waals surface area contributed by atoms with Crippen molar-refractivity contribution < 1.29 is 0 Å². The summed E-state index contributed by atoms with van der Waals surface area (Å²) in [6, 6.07) is 101. The normalized spacial score (nSPS) is 14.2. The number of hydrogen-bond acceptors (Lipinski definition) is 1. The molecule has 4 aliphatic carbocycles. The zero-order valence-electron chi connectivity index (χ0n) is 53.6. The van der Waals surface area contributed by atoms with Crippen LogP contribution in [0.2, 0.25) is 0 Å². The molecule has 0 bridgehead atoms. The fraction of sp³-hybridized carbons (Fsp3) is 0.183. The lowest BCUT2D eigenvalue weighted by molar-refractivity contribution is 0.687.